The third-order valence-corrected chi connectivity index (χ3v) is 5.95. The van der Waals surface area contributed by atoms with E-state index in [2.05, 4.69) is 48.8 Å². The lowest BCUT2D eigenvalue weighted by atomic mass is 10.0. The van der Waals surface area contributed by atoms with E-state index in [9.17, 15) is 0 Å². The highest BCUT2D eigenvalue weighted by Gasteiger charge is 2.29. The fraction of sp³-hybridized carbons (Fsp3) is 0.882. The van der Waals surface area contributed by atoms with E-state index in [-0.39, 0.29) is 0 Å². The molecule has 1 saturated heterocycles. The van der Waals surface area contributed by atoms with Crippen LogP contribution in [0.1, 0.15) is 52.9 Å². The molecule has 0 bridgehead atoms. The minimum atomic E-state index is 0.765. The molecular weight excluding hydrogens is 264 g/mol. The van der Waals surface area contributed by atoms with Crippen LogP contribution in [0.15, 0.2) is 11.6 Å². The van der Waals surface area contributed by atoms with Crippen LogP contribution in [0.4, 0.5) is 0 Å². The summed E-state index contributed by atoms with van der Waals surface area (Å²) in [5.74, 6) is 1.27. The molecule has 20 heavy (non-hydrogen) atoms. The lowest BCUT2D eigenvalue weighted by Gasteiger charge is -2.34. The molecule has 1 heterocycles. The van der Waals surface area contributed by atoms with Gasteiger partial charge in [-0.15, -0.1) is 0 Å². The van der Waals surface area contributed by atoms with Gasteiger partial charge in [-0.2, -0.15) is 11.8 Å². The number of hydrogen-bond acceptors (Lipinski definition) is 3. The topological polar surface area (TPSA) is 15.3 Å². The number of thioether (sulfide) groups is 1. The molecule has 0 amide bonds. The monoisotopic (exact) mass is 296 g/mol. The minimum absolute atomic E-state index is 0.765. The Morgan fingerprint density at radius 2 is 1.95 bits per heavy atom. The number of allylic oxidation sites excluding steroid dienone is 1. The van der Waals surface area contributed by atoms with Gasteiger partial charge in [-0.3, -0.25) is 4.90 Å². The van der Waals surface area contributed by atoms with Crippen LogP contribution in [0.5, 0.6) is 0 Å². The molecular formula is C17H32N2S. The van der Waals surface area contributed by atoms with Crippen LogP contribution in [0.25, 0.3) is 0 Å². The Morgan fingerprint density at radius 1 is 1.20 bits per heavy atom. The normalized spacial score (nSPS) is 28.8. The van der Waals surface area contributed by atoms with Crippen LogP contribution >= 0.6 is 11.8 Å². The third-order valence-electron chi connectivity index (χ3n) is 4.63. The molecule has 1 aliphatic carbocycles. The van der Waals surface area contributed by atoms with Crippen molar-refractivity contribution in [1.82, 2.24) is 10.2 Å². The fourth-order valence-electron chi connectivity index (χ4n) is 3.43. The van der Waals surface area contributed by atoms with E-state index in [4.69, 9.17) is 0 Å². The summed E-state index contributed by atoms with van der Waals surface area (Å²) in [7, 11) is 0. The third kappa shape index (κ3) is 5.09. The Kier molecular flexibility index (Phi) is 6.92. The Labute approximate surface area is 129 Å². The molecule has 0 spiro atoms. The molecule has 2 fully saturated rings. The first kappa shape index (κ1) is 16.4. The van der Waals surface area contributed by atoms with E-state index in [0.717, 1.165) is 23.9 Å². The molecule has 0 radical (unpaired) electrons. The molecule has 0 aromatic rings. The molecule has 2 atom stereocenters. The van der Waals surface area contributed by atoms with Gasteiger partial charge >= 0.3 is 0 Å². The standard InChI is InChI=1S/C17H32N2S/c1-4-20-17-7-5-6-16(17)18-15-9-12-19(13-10-15)11-8-14(2)3/h8,15-18H,4-7,9-13H2,1-3H3. The van der Waals surface area contributed by atoms with E-state index < -0.39 is 0 Å². The van der Waals surface area contributed by atoms with Crippen LogP contribution in [-0.2, 0) is 0 Å². The molecule has 1 saturated carbocycles. The number of nitrogens with zero attached hydrogens (tertiary/aromatic N) is 1. The van der Waals surface area contributed by atoms with Gasteiger partial charge in [0.25, 0.3) is 0 Å². The van der Waals surface area contributed by atoms with Gasteiger partial charge in [0, 0.05) is 23.9 Å². The van der Waals surface area contributed by atoms with Crippen molar-refractivity contribution < 1.29 is 0 Å². The van der Waals surface area contributed by atoms with E-state index in [1.807, 2.05) is 0 Å². The highest BCUT2D eigenvalue weighted by atomic mass is 32.2. The summed E-state index contributed by atoms with van der Waals surface area (Å²) in [5.41, 5.74) is 1.44. The van der Waals surface area contributed by atoms with Gasteiger partial charge in [0.1, 0.15) is 0 Å². The summed E-state index contributed by atoms with van der Waals surface area (Å²) in [5, 5.41) is 4.85. The molecule has 1 N–H and O–H groups in total. The van der Waals surface area contributed by atoms with Crippen molar-refractivity contribution in [2.45, 2.75) is 70.2 Å². The predicted molar refractivity (Wildman–Crippen MR) is 91.6 cm³/mol. The largest absolute Gasteiger partial charge is 0.310 e. The lowest BCUT2D eigenvalue weighted by Crippen LogP contribution is -2.47. The maximum atomic E-state index is 3.98. The SMILES string of the molecule is CCSC1CCCC1NC1CCN(CC=C(C)C)CC1. The number of likely N-dealkylation sites (tertiary alicyclic amines) is 1. The van der Waals surface area contributed by atoms with Crippen molar-refractivity contribution in [3.63, 3.8) is 0 Å². The summed E-state index contributed by atoms with van der Waals surface area (Å²) < 4.78 is 0. The molecule has 0 aromatic carbocycles. The number of hydrogen-bond donors (Lipinski definition) is 1. The maximum Gasteiger partial charge on any atom is 0.0201 e. The van der Waals surface area contributed by atoms with Gasteiger partial charge in [0.2, 0.25) is 0 Å². The first-order chi connectivity index (χ1) is 9.69. The molecule has 2 unspecified atom stereocenters. The second-order valence-electron chi connectivity index (χ2n) is 6.55. The maximum absolute atomic E-state index is 3.98. The zero-order valence-electron chi connectivity index (χ0n) is 13.5. The Morgan fingerprint density at radius 3 is 2.60 bits per heavy atom. The Bertz CT molecular complexity index is 304. The van der Waals surface area contributed by atoms with Gasteiger partial charge < -0.3 is 5.32 Å². The van der Waals surface area contributed by atoms with Gasteiger partial charge in [-0.05, 0) is 58.4 Å². The predicted octanol–water partition coefficient (Wildman–Crippen LogP) is 3.68. The molecule has 0 aromatic heterocycles. The fourth-order valence-corrected chi connectivity index (χ4v) is 4.64. The van der Waals surface area contributed by atoms with E-state index in [1.54, 1.807) is 0 Å². The summed E-state index contributed by atoms with van der Waals surface area (Å²) in [6.07, 6.45) is 9.27. The quantitative estimate of drug-likeness (QED) is 0.753. The lowest BCUT2D eigenvalue weighted by molar-refractivity contribution is 0.207. The van der Waals surface area contributed by atoms with Crippen molar-refractivity contribution in [3.8, 4) is 0 Å². The summed E-state index contributed by atoms with van der Waals surface area (Å²) in [6.45, 7) is 10.4. The molecule has 2 nitrogen and oxygen atoms in total. The van der Waals surface area contributed by atoms with E-state index in [0.29, 0.717) is 0 Å². The molecule has 2 rings (SSSR count). The first-order valence-electron chi connectivity index (χ1n) is 8.42. The second kappa shape index (κ2) is 8.45. The molecule has 3 heteroatoms. The van der Waals surface area contributed by atoms with E-state index in [1.165, 1.54) is 56.5 Å². The minimum Gasteiger partial charge on any atom is -0.310 e. The average molecular weight is 297 g/mol. The molecule has 116 valence electrons. The van der Waals surface area contributed by atoms with Gasteiger partial charge in [-0.25, -0.2) is 0 Å². The van der Waals surface area contributed by atoms with Gasteiger partial charge in [-0.1, -0.05) is 25.0 Å². The summed E-state index contributed by atoms with van der Waals surface area (Å²) >= 11 is 2.17. The Hall–Kier alpha value is 0.0100. The van der Waals surface area contributed by atoms with Crippen LogP contribution in [-0.4, -0.2) is 47.6 Å². The molecule has 2 aliphatic rings. The summed E-state index contributed by atoms with van der Waals surface area (Å²) in [6, 6.07) is 1.55. The van der Waals surface area contributed by atoms with Crippen molar-refractivity contribution in [1.29, 1.82) is 0 Å². The summed E-state index contributed by atoms with van der Waals surface area (Å²) in [4.78, 5) is 2.60. The van der Waals surface area contributed by atoms with Crippen molar-refractivity contribution in [3.05, 3.63) is 11.6 Å². The average Bonchev–Trinajstić information content (AvgIpc) is 2.86. The van der Waals surface area contributed by atoms with Crippen molar-refractivity contribution in [2.24, 2.45) is 0 Å². The Balaban J connectivity index is 1.70. The zero-order chi connectivity index (χ0) is 14.4. The molecule has 1 aliphatic heterocycles. The highest BCUT2D eigenvalue weighted by molar-refractivity contribution is 7.99. The highest BCUT2D eigenvalue weighted by Crippen LogP contribution is 2.30. The van der Waals surface area contributed by atoms with Gasteiger partial charge in [0.05, 0.1) is 0 Å². The number of nitrogens with one attached hydrogen (secondary N) is 1. The van der Waals surface area contributed by atoms with Crippen molar-refractivity contribution >= 4 is 11.8 Å². The zero-order valence-corrected chi connectivity index (χ0v) is 14.3. The second-order valence-corrected chi connectivity index (χ2v) is 8.07. The number of rotatable bonds is 6. The van der Waals surface area contributed by atoms with Crippen LogP contribution in [0, 0.1) is 0 Å². The number of piperidine rings is 1. The van der Waals surface area contributed by atoms with Crippen LogP contribution in [0.2, 0.25) is 0 Å². The smallest absolute Gasteiger partial charge is 0.0201 e. The van der Waals surface area contributed by atoms with Crippen molar-refractivity contribution in [2.75, 3.05) is 25.4 Å². The van der Waals surface area contributed by atoms with Crippen LogP contribution < -0.4 is 5.32 Å². The van der Waals surface area contributed by atoms with Crippen LogP contribution in [0.3, 0.4) is 0 Å². The van der Waals surface area contributed by atoms with Gasteiger partial charge in [0.15, 0.2) is 0 Å². The van der Waals surface area contributed by atoms with E-state index >= 15 is 0 Å². The first-order valence-corrected chi connectivity index (χ1v) is 9.47.